The number of nitrogens with two attached hydrogens (primary N) is 1. The Morgan fingerprint density at radius 3 is 2.33 bits per heavy atom. The van der Waals surface area contributed by atoms with E-state index in [1.165, 1.54) is 0 Å². The van der Waals surface area contributed by atoms with Crippen molar-refractivity contribution >= 4 is 5.91 Å². The van der Waals surface area contributed by atoms with Crippen molar-refractivity contribution in [3.8, 4) is 0 Å². The Labute approximate surface area is 111 Å². The number of likely N-dealkylation sites (N-methyl/N-ethyl adjacent to an activating group) is 1. The molecular formula is C13H28N4O. The lowest BCUT2D eigenvalue weighted by molar-refractivity contribution is -0.122. The molecule has 1 saturated heterocycles. The predicted octanol–water partition coefficient (Wildman–Crippen LogP) is -0.134. The molecule has 106 valence electrons. The standard InChI is InChI=1S/C13H28N4O/c1-4-16-5-7-17(8-6-16)12(10-14)9-13(18)15-11(2)3/h11-12H,4-10,14H2,1-3H3,(H,15,18). The molecule has 5 heteroatoms. The highest BCUT2D eigenvalue weighted by atomic mass is 16.1. The summed E-state index contributed by atoms with van der Waals surface area (Å²) in [7, 11) is 0. The fraction of sp³-hybridized carbons (Fsp3) is 0.923. The molecule has 1 heterocycles. The molecule has 1 rings (SSSR count). The van der Waals surface area contributed by atoms with Crippen LogP contribution in [0.5, 0.6) is 0 Å². The van der Waals surface area contributed by atoms with Gasteiger partial charge < -0.3 is 16.0 Å². The van der Waals surface area contributed by atoms with Crippen LogP contribution in [0.3, 0.4) is 0 Å². The number of amides is 1. The van der Waals surface area contributed by atoms with E-state index in [9.17, 15) is 4.79 Å². The number of carbonyl (C=O) groups is 1. The summed E-state index contributed by atoms with van der Waals surface area (Å²) in [4.78, 5) is 16.6. The minimum absolute atomic E-state index is 0.110. The van der Waals surface area contributed by atoms with Crippen LogP contribution in [0, 0.1) is 0 Å². The van der Waals surface area contributed by atoms with Gasteiger partial charge in [-0.2, -0.15) is 0 Å². The van der Waals surface area contributed by atoms with E-state index in [1.807, 2.05) is 13.8 Å². The summed E-state index contributed by atoms with van der Waals surface area (Å²) in [6, 6.07) is 0.385. The zero-order valence-electron chi connectivity index (χ0n) is 12.0. The van der Waals surface area contributed by atoms with E-state index in [1.54, 1.807) is 0 Å². The first-order valence-electron chi connectivity index (χ1n) is 7.02. The van der Waals surface area contributed by atoms with Gasteiger partial charge in [0.2, 0.25) is 5.91 Å². The maximum atomic E-state index is 11.8. The molecule has 0 aliphatic carbocycles. The summed E-state index contributed by atoms with van der Waals surface area (Å²) in [5, 5.41) is 2.94. The topological polar surface area (TPSA) is 61.6 Å². The Bertz CT molecular complexity index is 249. The second-order valence-corrected chi connectivity index (χ2v) is 5.29. The van der Waals surface area contributed by atoms with Gasteiger partial charge in [0, 0.05) is 51.2 Å². The van der Waals surface area contributed by atoms with Crippen molar-refractivity contribution < 1.29 is 4.79 Å². The highest BCUT2D eigenvalue weighted by Gasteiger charge is 2.24. The van der Waals surface area contributed by atoms with Crippen LogP contribution in [0.2, 0.25) is 0 Å². The Morgan fingerprint density at radius 1 is 1.28 bits per heavy atom. The van der Waals surface area contributed by atoms with Crippen LogP contribution in [0.1, 0.15) is 27.2 Å². The summed E-state index contributed by atoms with van der Waals surface area (Å²) in [6.45, 7) is 12.0. The van der Waals surface area contributed by atoms with Crippen molar-refractivity contribution in [3.05, 3.63) is 0 Å². The van der Waals surface area contributed by atoms with E-state index in [0.717, 1.165) is 32.7 Å². The molecule has 1 fully saturated rings. The third-order valence-corrected chi connectivity index (χ3v) is 3.51. The number of hydrogen-bond donors (Lipinski definition) is 2. The average molecular weight is 256 g/mol. The first-order chi connectivity index (χ1) is 8.56. The molecule has 18 heavy (non-hydrogen) atoms. The minimum Gasteiger partial charge on any atom is -0.354 e. The van der Waals surface area contributed by atoms with Crippen LogP contribution in [-0.2, 0) is 4.79 Å². The summed E-state index contributed by atoms with van der Waals surface area (Å²) < 4.78 is 0. The Hall–Kier alpha value is -0.650. The van der Waals surface area contributed by atoms with Gasteiger partial charge >= 0.3 is 0 Å². The van der Waals surface area contributed by atoms with Crippen LogP contribution in [0.15, 0.2) is 0 Å². The van der Waals surface area contributed by atoms with Crippen molar-refractivity contribution in [1.82, 2.24) is 15.1 Å². The molecule has 3 N–H and O–H groups in total. The lowest BCUT2D eigenvalue weighted by atomic mass is 10.1. The van der Waals surface area contributed by atoms with Crippen LogP contribution in [0.4, 0.5) is 0 Å². The average Bonchev–Trinajstić information content (AvgIpc) is 2.35. The SMILES string of the molecule is CCN1CCN(C(CN)CC(=O)NC(C)C)CC1. The first kappa shape index (κ1) is 15.4. The fourth-order valence-corrected chi connectivity index (χ4v) is 2.40. The number of nitrogens with zero attached hydrogens (tertiary/aromatic N) is 2. The van der Waals surface area contributed by atoms with E-state index in [0.29, 0.717) is 13.0 Å². The van der Waals surface area contributed by atoms with Gasteiger partial charge in [-0.1, -0.05) is 6.92 Å². The molecule has 0 spiro atoms. The first-order valence-corrected chi connectivity index (χ1v) is 7.02. The summed E-state index contributed by atoms with van der Waals surface area (Å²) in [5.41, 5.74) is 5.81. The summed E-state index contributed by atoms with van der Waals surface area (Å²) >= 11 is 0. The Kier molecular flexibility index (Phi) is 6.60. The minimum atomic E-state index is 0.110. The maximum absolute atomic E-state index is 11.8. The molecule has 1 atom stereocenters. The Morgan fingerprint density at radius 2 is 1.89 bits per heavy atom. The predicted molar refractivity (Wildman–Crippen MR) is 74.4 cm³/mol. The smallest absolute Gasteiger partial charge is 0.221 e. The van der Waals surface area contributed by atoms with Crippen molar-refractivity contribution in [2.24, 2.45) is 5.73 Å². The number of carbonyl (C=O) groups excluding carboxylic acids is 1. The van der Waals surface area contributed by atoms with Gasteiger partial charge in [0.1, 0.15) is 0 Å². The second kappa shape index (κ2) is 7.71. The molecule has 1 aliphatic heterocycles. The highest BCUT2D eigenvalue weighted by Crippen LogP contribution is 2.08. The van der Waals surface area contributed by atoms with Crippen LogP contribution >= 0.6 is 0 Å². The van der Waals surface area contributed by atoms with Gasteiger partial charge in [-0.05, 0) is 20.4 Å². The third kappa shape index (κ3) is 4.92. The molecule has 1 aliphatic rings. The molecule has 1 amide bonds. The van der Waals surface area contributed by atoms with Gasteiger partial charge in [0.05, 0.1) is 0 Å². The zero-order valence-corrected chi connectivity index (χ0v) is 12.0. The number of nitrogens with one attached hydrogen (secondary N) is 1. The normalized spacial score (nSPS) is 20.1. The number of hydrogen-bond acceptors (Lipinski definition) is 4. The molecule has 5 nitrogen and oxygen atoms in total. The molecule has 0 radical (unpaired) electrons. The fourth-order valence-electron chi connectivity index (χ4n) is 2.40. The molecule has 0 bridgehead atoms. The molecular weight excluding hydrogens is 228 g/mol. The van der Waals surface area contributed by atoms with Gasteiger partial charge in [0.15, 0.2) is 0 Å². The van der Waals surface area contributed by atoms with E-state index < -0.39 is 0 Å². The molecule has 0 saturated carbocycles. The highest BCUT2D eigenvalue weighted by molar-refractivity contribution is 5.76. The van der Waals surface area contributed by atoms with E-state index in [-0.39, 0.29) is 18.0 Å². The Balaban J connectivity index is 2.39. The third-order valence-electron chi connectivity index (χ3n) is 3.51. The van der Waals surface area contributed by atoms with E-state index in [2.05, 4.69) is 22.0 Å². The van der Waals surface area contributed by atoms with Crippen molar-refractivity contribution in [2.75, 3.05) is 39.3 Å². The molecule has 0 aromatic heterocycles. The molecule has 1 unspecified atom stereocenters. The maximum Gasteiger partial charge on any atom is 0.221 e. The molecule has 0 aromatic rings. The zero-order chi connectivity index (χ0) is 13.5. The van der Waals surface area contributed by atoms with Crippen molar-refractivity contribution in [2.45, 2.75) is 39.3 Å². The van der Waals surface area contributed by atoms with E-state index >= 15 is 0 Å². The van der Waals surface area contributed by atoms with Gasteiger partial charge in [-0.15, -0.1) is 0 Å². The van der Waals surface area contributed by atoms with Gasteiger partial charge in [-0.3, -0.25) is 9.69 Å². The van der Waals surface area contributed by atoms with Crippen LogP contribution in [0.25, 0.3) is 0 Å². The lowest BCUT2D eigenvalue weighted by Crippen LogP contribution is -2.53. The van der Waals surface area contributed by atoms with Gasteiger partial charge in [-0.25, -0.2) is 0 Å². The van der Waals surface area contributed by atoms with Crippen molar-refractivity contribution in [3.63, 3.8) is 0 Å². The second-order valence-electron chi connectivity index (χ2n) is 5.29. The van der Waals surface area contributed by atoms with Crippen LogP contribution in [-0.4, -0.2) is 67.1 Å². The van der Waals surface area contributed by atoms with E-state index in [4.69, 9.17) is 5.73 Å². The largest absolute Gasteiger partial charge is 0.354 e. The quantitative estimate of drug-likeness (QED) is 0.695. The number of piperazine rings is 1. The van der Waals surface area contributed by atoms with Gasteiger partial charge in [0.25, 0.3) is 0 Å². The van der Waals surface area contributed by atoms with Crippen molar-refractivity contribution in [1.29, 1.82) is 0 Å². The lowest BCUT2D eigenvalue weighted by Gasteiger charge is -2.38. The summed E-state index contributed by atoms with van der Waals surface area (Å²) in [5.74, 6) is 0.110. The summed E-state index contributed by atoms with van der Waals surface area (Å²) in [6.07, 6.45) is 0.515. The molecule has 0 aromatic carbocycles. The number of rotatable bonds is 6. The monoisotopic (exact) mass is 256 g/mol. The van der Waals surface area contributed by atoms with Crippen LogP contribution < -0.4 is 11.1 Å².